The predicted octanol–water partition coefficient (Wildman–Crippen LogP) is 4.12. The van der Waals surface area contributed by atoms with Gasteiger partial charge in [0.15, 0.2) is 0 Å². The number of nitrogens with zero attached hydrogens (tertiary/aromatic N) is 4. The molecule has 0 spiro atoms. The van der Waals surface area contributed by atoms with Crippen LogP contribution >= 0.6 is 15.9 Å². The van der Waals surface area contributed by atoms with Crippen molar-refractivity contribution in [2.45, 2.75) is 13.3 Å². The third-order valence-electron chi connectivity index (χ3n) is 6.20. The summed E-state index contributed by atoms with van der Waals surface area (Å²) in [6.45, 7) is 5.29. The highest BCUT2D eigenvalue weighted by Gasteiger charge is 2.35. The number of carbonyl (C=O) groups is 2. The normalized spacial score (nSPS) is 17.8. The van der Waals surface area contributed by atoms with Gasteiger partial charge in [-0.1, -0.05) is 22.0 Å². The monoisotopic (exact) mass is 550 g/mol. The van der Waals surface area contributed by atoms with Crippen LogP contribution in [0.5, 0.6) is 0 Å². The maximum atomic E-state index is 12.9. The number of amides is 2. The molecule has 2 amide bonds. The number of aromatic nitrogens is 2. The van der Waals surface area contributed by atoms with Gasteiger partial charge in [-0.2, -0.15) is 4.98 Å². The van der Waals surface area contributed by atoms with Crippen molar-refractivity contribution >= 4 is 56.6 Å². The van der Waals surface area contributed by atoms with Crippen LogP contribution in [0, 0.1) is 12.8 Å². The van der Waals surface area contributed by atoms with Gasteiger partial charge >= 0.3 is 0 Å². The first-order chi connectivity index (χ1) is 17.4. The van der Waals surface area contributed by atoms with E-state index in [2.05, 4.69) is 41.4 Å². The van der Waals surface area contributed by atoms with Crippen LogP contribution in [0.2, 0.25) is 0 Å². The molecule has 186 valence electrons. The van der Waals surface area contributed by atoms with Crippen molar-refractivity contribution in [3.05, 3.63) is 64.8 Å². The maximum Gasteiger partial charge on any atom is 0.229 e. The molecule has 0 radical (unpaired) electrons. The minimum Gasteiger partial charge on any atom is -0.378 e. The Kier molecular flexibility index (Phi) is 7.15. The Morgan fingerprint density at radius 1 is 1.06 bits per heavy atom. The minimum atomic E-state index is -0.409. The van der Waals surface area contributed by atoms with Gasteiger partial charge in [0.1, 0.15) is 5.82 Å². The van der Waals surface area contributed by atoms with Crippen molar-refractivity contribution in [1.82, 2.24) is 9.97 Å². The predicted molar refractivity (Wildman–Crippen MR) is 143 cm³/mol. The molecule has 10 heteroatoms. The number of ether oxygens (including phenoxy) is 1. The molecule has 1 atom stereocenters. The molecule has 2 fully saturated rings. The van der Waals surface area contributed by atoms with Crippen molar-refractivity contribution in [3.63, 3.8) is 0 Å². The summed E-state index contributed by atoms with van der Waals surface area (Å²) >= 11 is 3.43. The highest BCUT2D eigenvalue weighted by atomic mass is 79.9. The topological polar surface area (TPSA) is 99.7 Å². The maximum absolute atomic E-state index is 12.9. The average Bonchev–Trinajstić information content (AvgIpc) is 3.27. The SMILES string of the molecule is Cc1cc(N2CCOCC2)nc(Nc2ccc(NC(=O)[C@H]3CC(=O)N(c4cccc(Br)c4)C3)cc2)n1. The largest absolute Gasteiger partial charge is 0.378 e. The molecule has 2 aliphatic heterocycles. The quantitative estimate of drug-likeness (QED) is 0.476. The van der Waals surface area contributed by atoms with Gasteiger partial charge in [-0.05, 0) is 49.4 Å². The zero-order chi connectivity index (χ0) is 25.1. The fraction of sp³-hybridized carbons (Fsp3) is 0.308. The molecule has 0 unspecified atom stereocenters. The van der Waals surface area contributed by atoms with Crippen LogP contribution in [0.3, 0.4) is 0 Å². The summed E-state index contributed by atoms with van der Waals surface area (Å²) in [4.78, 5) is 38.4. The first-order valence-electron chi connectivity index (χ1n) is 11.9. The van der Waals surface area contributed by atoms with Crippen LogP contribution in [0.1, 0.15) is 12.1 Å². The minimum absolute atomic E-state index is 0.0533. The van der Waals surface area contributed by atoms with Gasteiger partial charge in [-0.15, -0.1) is 0 Å². The van der Waals surface area contributed by atoms with Gasteiger partial charge in [0.05, 0.1) is 19.1 Å². The molecule has 3 aromatic rings. The lowest BCUT2D eigenvalue weighted by Gasteiger charge is -2.28. The Balaban J connectivity index is 1.20. The van der Waals surface area contributed by atoms with Crippen LogP contribution in [0.15, 0.2) is 59.1 Å². The number of aryl methyl sites for hydroxylation is 1. The number of carbonyl (C=O) groups excluding carboxylic acids is 2. The molecule has 1 aromatic heterocycles. The lowest BCUT2D eigenvalue weighted by atomic mass is 10.1. The summed E-state index contributed by atoms with van der Waals surface area (Å²) in [7, 11) is 0. The molecule has 0 bridgehead atoms. The molecule has 0 aliphatic carbocycles. The van der Waals surface area contributed by atoms with Crippen molar-refractivity contribution in [1.29, 1.82) is 0 Å². The van der Waals surface area contributed by atoms with E-state index in [0.29, 0.717) is 31.4 Å². The summed E-state index contributed by atoms with van der Waals surface area (Å²) in [6.07, 6.45) is 0.189. The van der Waals surface area contributed by atoms with E-state index in [-0.39, 0.29) is 18.2 Å². The molecule has 36 heavy (non-hydrogen) atoms. The molecule has 2 aromatic carbocycles. The van der Waals surface area contributed by atoms with E-state index in [1.807, 2.05) is 61.5 Å². The first-order valence-corrected chi connectivity index (χ1v) is 12.7. The van der Waals surface area contributed by atoms with Crippen LogP contribution in [-0.4, -0.2) is 54.6 Å². The second kappa shape index (κ2) is 10.6. The van der Waals surface area contributed by atoms with E-state index in [1.54, 1.807) is 4.90 Å². The average molecular weight is 551 g/mol. The molecular weight excluding hydrogens is 524 g/mol. The molecule has 2 N–H and O–H groups in total. The van der Waals surface area contributed by atoms with Crippen LogP contribution in [-0.2, 0) is 14.3 Å². The summed E-state index contributed by atoms with van der Waals surface area (Å²) in [5, 5.41) is 6.18. The standard InChI is InChI=1S/C26H27BrN6O3/c1-17-13-23(32-9-11-36-12-10-32)31-26(28-17)30-21-7-5-20(6-8-21)29-25(35)18-14-24(34)33(16-18)22-4-2-3-19(27)15-22/h2-8,13,15,18H,9-12,14,16H2,1H3,(H,29,35)(H,28,30,31)/t18-/m0/s1. The van der Waals surface area contributed by atoms with E-state index in [4.69, 9.17) is 4.74 Å². The molecule has 2 saturated heterocycles. The Bertz CT molecular complexity index is 1260. The highest BCUT2D eigenvalue weighted by molar-refractivity contribution is 9.10. The third-order valence-corrected chi connectivity index (χ3v) is 6.69. The fourth-order valence-electron chi connectivity index (χ4n) is 4.35. The Morgan fingerprint density at radius 2 is 1.81 bits per heavy atom. The highest BCUT2D eigenvalue weighted by Crippen LogP contribution is 2.28. The molecular formula is C26H27BrN6O3. The number of rotatable bonds is 6. The first kappa shape index (κ1) is 24.2. The number of halogens is 1. The summed E-state index contributed by atoms with van der Waals surface area (Å²) in [6, 6.07) is 16.9. The Morgan fingerprint density at radius 3 is 2.56 bits per heavy atom. The molecule has 0 saturated carbocycles. The number of nitrogens with one attached hydrogen (secondary N) is 2. The number of hydrogen-bond donors (Lipinski definition) is 2. The van der Waals surface area contributed by atoms with E-state index >= 15 is 0 Å². The van der Waals surface area contributed by atoms with Gasteiger partial charge in [0.25, 0.3) is 0 Å². The summed E-state index contributed by atoms with van der Waals surface area (Å²) < 4.78 is 6.32. The lowest BCUT2D eigenvalue weighted by Crippen LogP contribution is -2.36. The second-order valence-corrected chi connectivity index (χ2v) is 9.78. The molecule has 3 heterocycles. The van der Waals surface area contributed by atoms with Gasteiger partial charge < -0.3 is 25.2 Å². The van der Waals surface area contributed by atoms with E-state index in [0.717, 1.165) is 40.4 Å². The summed E-state index contributed by atoms with van der Waals surface area (Å²) in [5.74, 6) is 0.764. The Hall–Kier alpha value is -3.50. The van der Waals surface area contributed by atoms with Crippen molar-refractivity contribution in [2.75, 3.05) is 53.3 Å². The number of morpholine rings is 1. The van der Waals surface area contributed by atoms with Crippen molar-refractivity contribution in [3.8, 4) is 0 Å². The van der Waals surface area contributed by atoms with E-state index < -0.39 is 5.92 Å². The van der Waals surface area contributed by atoms with Gasteiger partial charge in [0, 0.05) is 59.4 Å². The van der Waals surface area contributed by atoms with Crippen LogP contribution in [0.25, 0.3) is 0 Å². The molecule has 9 nitrogen and oxygen atoms in total. The van der Waals surface area contributed by atoms with Crippen LogP contribution in [0.4, 0.5) is 28.8 Å². The smallest absolute Gasteiger partial charge is 0.229 e. The number of hydrogen-bond acceptors (Lipinski definition) is 7. The zero-order valence-electron chi connectivity index (χ0n) is 19.9. The zero-order valence-corrected chi connectivity index (χ0v) is 21.5. The third kappa shape index (κ3) is 5.66. The van der Waals surface area contributed by atoms with Gasteiger partial charge in [-0.25, -0.2) is 4.98 Å². The number of benzene rings is 2. The lowest BCUT2D eigenvalue weighted by molar-refractivity contribution is -0.122. The second-order valence-electron chi connectivity index (χ2n) is 8.87. The van der Waals surface area contributed by atoms with E-state index in [1.165, 1.54) is 0 Å². The molecule has 5 rings (SSSR count). The van der Waals surface area contributed by atoms with Crippen molar-refractivity contribution < 1.29 is 14.3 Å². The van der Waals surface area contributed by atoms with Crippen molar-refractivity contribution in [2.24, 2.45) is 5.92 Å². The fourth-order valence-corrected chi connectivity index (χ4v) is 4.74. The number of anilines is 5. The van der Waals surface area contributed by atoms with E-state index in [9.17, 15) is 9.59 Å². The van der Waals surface area contributed by atoms with Gasteiger partial charge in [0.2, 0.25) is 17.8 Å². The molecule has 2 aliphatic rings. The Labute approximate surface area is 218 Å². The summed E-state index contributed by atoms with van der Waals surface area (Å²) in [5.41, 5.74) is 3.14. The van der Waals surface area contributed by atoms with Gasteiger partial charge in [-0.3, -0.25) is 9.59 Å². The van der Waals surface area contributed by atoms with Crippen LogP contribution < -0.4 is 20.4 Å².